The molecule has 1 aliphatic rings. The minimum Gasteiger partial charge on any atom is -0.480 e. The van der Waals surface area contributed by atoms with Gasteiger partial charge >= 0.3 is 12.1 Å². The fraction of sp³-hybridized carbons (Fsp3) is 0.133. The highest BCUT2D eigenvalue weighted by Crippen LogP contribution is 2.47. The fourth-order valence-electron chi connectivity index (χ4n) is 2.32. The summed E-state index contributed by atoms with van der Waals surface area (Å²) in [4.78, 5) is 11.7. The first-order valence-electron chi connectivity index (χ1n) is 6.34. The Kier molecular flexibility index (Phi) is 3.52. The molecule has 0 aliphatic carbocycles. The summed E-state index contributed by atoms with van der Waals surface area (Å²) in [6, 6.07) is 10.4. The molecule has 0 unspecified atom stereocenters. The molecule has 0 saturated carbocycles. The molecule has 1 N–H and O–H groups in total. The van der Waals surface area contributed by atoms with Gasteiger partial charge in [0, 0.05) is 10.5 Å². The van der Waals surface area contributed by atoms with Crippen LogP contribution in [0.3, 0.4) is 0 Å². The lowest BCUT2D eigenvalue weighted by atomic mass is 10.00. The summed E-state index contributed by atoms with van der Waals surface area (Å²) >= 11 is 1.21. The molecule has 0 aromatic heterocycles. The van der Waals surface area contributed by atoms with E-state index < -0.39 is 17.7 Å². The summed E-state index contributed by atoms with van der Waals surface area (Å²) in [6.07, 6.45) is -4.44. The number of carboxylic acid groups (broad SMARTS) is 1. The fourth-order valence-corrected chi connectivity index (χ4v) is 3.41. The Hall–Kier alpha value is -2.15. The average molecular weight is 325 g/mol. The number of hydrogen-bond donors (Lipinski definition) is 1. The number of benzene rings is 2. The second kappa shape index (κ2) is 5.24. The van der Waals surface area contributed by atoms with E-state index in [1.54, 1.807) is 24.3 Å². The predicted octanol–water partition coefficient (Wildman–Crippen LogP) is 4.28. The van der Waals surface area contributed by atoms with Crippen LogP contribution in [0.15, 0.2) is 47.4 Å². The molecule has 7 heteroatoms. The maximum Gasteiger partial charge on any atom is 0.416 e. The van der Waals surface area contributed by atoms with E-state index in [-0.39, 0.29) is 6.54 Å². The molecule has 1 heterocycles. The van der Waals surface area contributed by atoms with Crippen LogP contribution in [-0.2, 0) is 11.0 Å². The first kappa shape index (κ1) is 14.8. The molecular formula is C15H10F3NO2S. The quantitative estimate of drug-likeness (QED) is 0.837. The zero-order valence-corrected chi connectivity index (χ0v) is 11.9. The summed E-state index contributed by atoms with van der Waals surface area (Å²) in [5.41, 5.74) is 0.794. The van der Waals surface area contributed by atoms with Gasteiger partial charge in [-0.2, -0.15) is 13.2 Å². The zero-order chi connectivity index (χ0) is 15.9. The summed E-state index contributed by atoms with van der Waals surface area (Å²) in [5, 5.41) is 8.99. The van der Waals surface area contributed by atoms with Crippen molar-refractivity contribution in [3.63, 3.8) is 0 Å². The highest BCUT2D eigenvalue weighted by atomic mass is 32.2. The van der Waals surface area contributed by atoms with Crippen molar-refractivity contribution in [3.05, 3.63) is 48.0 Å². The molecule has 0 saturated heterocycles. The Morgan fingerprint density at radius 2 is 1.86 bits per heavy atom. The number of anilines is 1. The van der Waals surface area contributed by atoms with Crippen LogP contribution in [0.2, 0.25) is 0 Å². The van der Waals surface area contributed by atoms with Crippen molar-refractivity contribution in [3.8, 4) is 11.1 Å². The van der Waals surface area contributed by atoms with Crippen molar-refractivity contribution in [2.45, 2.75) is 11.1 Å². The van der Waals surface area contributed by atoms with Crippen LogP contribution in [0.25, 0.3) is 11.1 Å². The van der Waals surface area contributed by atoms with Crippen molar-refractivity contribution in [1.29, 1.82) is 0 Å². The Morgan fingerprint density at radius 1 is 1.14 bits per heavy atom. The highest BCUT2D eigenvalue weighted by Gasteiger charge is 2.33. The molecule has 3 nitrogen and oxygen atoms in total. The van der Waals surface area contributed by atoms with Crippen LogP contribution in [0.4, 0.5) is 18.9 Å². The second-order valence-corrected chi connectivity index (χ2v) is 5.81. The molecule has 0 radical (unpaired) electrons. The normalized spacial score (nSPS) is 13.5. The van der Waals surface area contributed by atoms with E-state index in [9.17, 15) is 18.0 Å². The Labute approximate surface area is 128 Å². The predicted molar refractivity (Wildman–Crippen MR) is 77.7 cm³/mol. The van der Waals surface area contributed by atoms with Gasteiger partial charge in [0.05, 0.1) is 11.3 Å². The molecule has 22 heavy (non-hydrogen) atoms. The summed E-state index contributed by atoms with van der Waals surface area (Å²) < 4.78 is 40.3. The van der Waals surface area contributed by atoms with E-state index in [1.807, 2.05) is 0 Å². The first-order valence-corrected chi connectivity index (χ1v) is 7.11. The summed E-state index contributed by atoms with van der Waals surface area (Å²) in [7, 11) is 0. The first-order chi connectivity index (χ1) is 10.4. The van der Waals surface area contributed by atoms with E-state index in [0.717, 1.165) is 17.0 Å². The average Bonchev–Trinajstić information content (AvgIpc) is 2.45. The van der Waals surface area contributed by atoms with Gasteiger partial charge in [-0.15, -0.1) is 0 Å². The second-order valence-electron chi connectivity index (χ2n) is 4.75. The van der Waals surface area contributed by atoms with Gasteiger partial charge in [-0.05, 0) is 41.8 Å². The van der Waals surface area contributed by atoms with Crippen molar-refractivity contribution < 1.29 is 23.1 Å². The number of aliphatic carboxylic acids is 1. The number of hydrogen-bond acceptors (Lipinski definition) is 3. The van der Waals surface area contributed by atoms with E-state index in [1.165, 1.54) is 22.3 Å². The third kappa shape index (κ3) is 2.64. The molecule has 0 atom stereocenters. The Balaban J connectivity index is 2.17. The molecule has 2 aromatic carbocycles. The lowest BCUT2D eigenvalue weighted by molar-refractivity contribution is -0.137. The van der Waals surface area contributed by atoms with Gasteiger partial charge in [0.2, 0.25) is 0 Å². The molecule has 1 aliphatic heterocycles. The number of halogens is 3. The van der Waals surface area contributed by atoms with Crippen molar-refractivity contribution >= 4 is 23.6 Å². The van der Waals surface area contributed by atoms with Gasteiger partial charge in [0.1, 0.15) is 6.54 Å². The largest absolute Gasteiger partial charge is 0.480 e. The summed E-state index contributed by atoms with van der Waals surface area (Å²) in [6.45, 7) is -0.294. The number of nitrogens with zero attached hydrogens (tertiary/aromatic N) is 1. The maximum absolute atomic E-state index is 12.9. The third-order valence-corrected chi connectivity index (χ3v) is 4.36. The van der Waals surface area contributed by atoms with Crippen LogP contribution < -0.4 is 4.31 Å². The maximum atomic E-state index is 12.9. The molecule has 0 bridgehead atoms. The number of carbonyl (C=O) groups is 1. The standard InChI is InChI=1S/C15H10F3NO2S/c16-15(17,18)9-5-6-12-11(7-9)10-3-1-2-4-13(10)22-19(12)8-14(20)21/h1-7H,8H2,(H,20,21). The van der Waals surface area contributed by atoms with Gasteiger partial charge in [-0.1, -0.05) is 18.2 Å². The van der Waals surface area contributed by atoms with E-state index in [0.29, 0.717) is 16.8 Å². The third-order valence-electron chi connectivity index (χ3n) is 3.26. The van der Waals surface area contributed by atoms with Gasteiger partial charge in [0.25, 0.3) is 0 Å². The number of carboxylic acids is 1. The van der Waals surface area contributed by atoms with Gasteiger partial charge < -0.3 is 9.41 Å². The molecule has 0 spiro atoms. The number of alkyl halides is 3. The van der Waals surface area contributed by atoms with Gasteiger partial charge in [0.15, 0.2) is 0 Å². The topological polar surface area (TPSA) is 40.5 Å². The Morgan fingerprint density at radius 3 is 2.55 bits per heavy atom. The lowest BCUT2D eigenvalue weighted by Crippen LogP contribution is -2.25. The van der Waals surface area contributed by atoms with Gasteiger partial charge in [-0.25, -0.2) is 0 Å². The molecule has 114 valence electrons. The van der Waals surface area contributed by atoms with Crippen molar-refractivity contribution in [1.82, 2.24) is 0 Å². The van der Waals surface area contributed by atoms with Crippen LogP contribution in [0.1, 0.15) is 5.56 Å². The van der Waals surface area contributed by atoms with E-state index in [2.05, 4.69) is 0 Å². The van der Waals surface area contributed by atoms with Crippen LogP contribution in [0, 0.1) is 0 Å². The minimum absolute atomic E-state index is 0.294. The van der Waals surface area contributed by atoms with Gasteiger partial charge in [-0.3, -0.25) is 4.79 Å². The SMILES string of the molecule is O=C(O)CN1Sc2ccccc2-c2cc(C(F)(F)F)ccc21. The lowest BCUT2D eigenvalue weighted by Gasteiger charge is -2.30. The molecule has 0 amide bonds. The van der Waals surface area contributed by atoms with Crippen LogP contribution in [0.5, 0.6) is 0 Å². The number of fused-ring (bicyclic) bond motifs is 3. The smallest absolute Gasteiger partial charge is 0.416 e. The minimum atomic E-state index is -4.44. The molecule has 0 fully saturated rings. The molecule has 2 aromatic rings. The molecular weight excluding hydrogens is 315 g/mol. The van der Waals surface area contributed by atoms with Crippen molar-refractivity contribution in [2.24, 2.45) is 0 Å². The summed E-state index contributed by atoms with van der Waals surface area (Å²) in [5.74, 6) is -1.04. The molecule has 3 rings (SSSR count). The highest BCUT2D eigenvalue weighted by molar-refractivity contribution is 8.01. The van der Waals surface area contributed by atoms with Crippen LogP contribution >= 0.6 is 11.9 Å². The van der Waals surface area contributed by atoms with E-state index in [4.69, 9.17) is 5.11 Å². The van der Waals surface area contributed by atoms with E-state index >= 15 is 0 Å². The monoisotopic (exact) mass is 325 g/mol. The van der Waals surface area contributed by atoms with Crippen molar-refractivity contribution in [2.75, 3.05) is 10.8 Å². The number of rotatable bonds is 2. The Bertz CT molecular complexity index is 746. The zero-order valence-electron chi connectivity index (χ0n) is 11.1. The van der Waals surface area contributed by atoms with Crippen LogP contribution in [-0.4, -0.2) is 17.6 Å².